The predicted molar refractivity (Wildman–Crippen MR) is 58.8 cm³/mol. The van der Waals surface area contributed by atoms with Crippen molar-refractivity contribution in [3.8, 4) is 12.1 Å². The minimum Gasteiger partial charge on any atom is -0.392 e. The lowest BCUT2D eigenvalue weighted by atomic mass is 9.68. The number of aliphatic hydroxyl groups is 1. The molecule has 0 aliphatic heterocycles. The van der Waals surface area contributed by atoms with Crippen LogP contribution in [0.4, 0.5) is 0 Å². The molecule has 3 nitrogen and oxygen atoms in total. The molecule has 0 aromatic heterocycles. The van der Waals surface area contributed by atoms with Crippen molar-refractivity contribution in [2.75, 3.05) is 0 Å². The number of rotatable bonds is 0. The van der Waals surface area contributed by atoms with E-state index in [0.29, 0.717) is 19.3 Å². The minimum absolute atomic E-state index is 0.425. The van der Waals surface area contributed by atoms with E-state index in [1.807, 2.05) is 25.2 Å². The van der Waals surface area contributed by atoms with E-state index in [9.17, 15) is 15.6 Å². The first-order valence-corrected chi connectivity index (χ1v) is 5.46. The summed E-state index contributed by atoms with van der Waals surface area (Å²) in [6.07, 6.45) is 6.92. The van der Waals surface area contributed by atoms with Gasteiger partial charge in [0, 0.05) is 11.8 Å². The van der Waals surface area contributed by atoms with Crippen LogP contribution in [0.3, 0.4) is 0 Å². The van der Waals surface area contributed by atoms with E-state index in [1.54, 1.807) is 0 Å². The first-order chi connectivity index (χ1) is 7.59. The lowest BCUT2D eigenvalue weighted by Gasteiger charge is -2.34. The third-order valence-electron chi connectivity index (χ3n) is 3.87. The molecule has 0 bridgehead atoms. The zero-order chi connectivity index (χ0) is 11.8. The van der Waals surface area contributed by atoms with E-state index in [-0.39, 0.29) is 0 Å². The number of fused-ring (bicyclic) bond motifs is 1. The molecule has 0 saturated heterocycles. The molecule has 2 atom stereocenters. The molecule has 0 saturated carbocycles. The molecule has 2 aliphatic rings. The third kappa shape index (κ3) is 1.22. The molecule has 0 amide bonds. The Balaban J connectivity index is 2.57. The van der Waals surface area contributed by atoms with Gasteiger partial charge in [-0.05, 0) is 18.4 Å². The fraction of sp³-hybridized carbons (Fsp3) is 0.538. The van der Waals surface area contributed by atoms with E-state index in [1.165, 1.54) is 0 Å². The maximum absolute atomic E-state index is 10.0. The second kappa shape index (κ2) is 3.47. The monoisotopic (exact) mass is 214 g/mol. The molecular weight excluding hydrogens is 200 g/mol. The summed E-state index contributed by atoms with van der Waals surface area (Å²) in [7, 11) is 0. The number of aliphatic hydroxyl groups excluding tert-OH is 1. The van der Waals surface area contributed by atoms with Gasteiger partial charge in [0.1, 0.15) is 0 Å². The number of allylic oxidation sites excluding steroid dienone is 2. The van der Waals surface area contributed by atoms with Gasteiger partial charge in [-0.3, -0.25) is 0 Å². The summed E-state index contributed by atoms with van der Waals surface area (Å²) in [5.74, 6) is 0. The summed E-state index contributed by atoms with van der Waals surface area (Å²) < 4.78 is 0. The number of hydrogen-bond donors (Lipinski definition) is 1. The molecule has 0 spiro atoms. The normalized spacial score (nSPS) is 35.5. The largest absolute Gasteiger partial charge is 0.392 e. The van der Waals surface area contributed by atoms with Crippen LogP contribution in [0.5, 0.6) is 0 Å². The van der Waals surface area contributed by atoms with E-state index in [4.69, 9.17) is 0 Å². The van der Waals surface area contributed by atoms with Gasteiger partial charge in [-0.2, -0.15) is 10.5 Å². The Hall–Kier alpha value is -1.58. The zero-order valence-electron chi connectivity index (χ0n) is 9.27. The van der Waals surface area contributed by atoms with Gasteiger partial charge < -0.3 is 5.11 Å². The van der Waals surface area contributed by atoms with Gasteiger partial charge in [-0.25, -0.2) is 0 Å². The van der Waals surface area contributed by atoms with E-state index in [2.05, 4.69) is 12.1 Å². The standard InChI is InChI=1S/C13H14N2O/c1-12-6-2-3-7-13(8-14,9-15)10(12)4-5-11(12)16/h2-4,11,16H,5-7H2,1H3. The molecule has 1 N–H and O–H groups in total. The summed E-state index contributed by atoms with van der Waals surface area (Å²) in [6.45, 7) is 1.94. The molecular formula is C13H14N2O. The average Bonchev–Trinajstić information content (AvgIpc) is 2.50. The third-order valence-corrected chi connectivity index (χ3v) is 3.87. The van der Waals surface area contributed by atoms with Gasteiger partial charge >= 0.3 is 0 Å². The fourth-order valence-corrected chi connectivity index (χ4v) is 2.74. The van der Waals surface area contributed by atoms with Crippen LogP contribution in [0.1, 0.15) is 26.2 Å². The molecule has 2 aliphatic carbocycles. The van der Waals surface area contributed by atoms with Crippen molar-refractivity contribution in [1.29, 1.82) is 10.5 Å². The summed E-state index contributed by atoms with van der Waals surface area (Å²) in [6, 6.07) is 4.27. The second-order valence-electron chi connectivity index (χ2n) is 4.80. The van der Waals surface area contributed by atoms with Crippen LogP contribution in [0.2, 0.25) is 0 Å². The Bertz CT molecular complexity index is 436. The lowest BCUT2D eigenvalue weighted by molar-refractivity contribution is 0.0752. The van der Waals surface area contributed by atoms with Crippen LogP contribution in [-0.2, 0) is 0 Å². The summed E-state index contributed by atoms with van der Waals surface area (Å²) >= 11 is 0. The van der Waals surface area contributed by atoms with Gasteiger partial charge in [0.05, 0.1) is 18.2 Å². The van der Waals surface area contributed by atoms with Crippen molar-refractivity contribution in [1.82, 2.24) is 0 Å². The fourth-order valence-electron chi connectivity index (χ4n) is 2.74. The van der Waals surface area contributed by atoms with Crippen LogP contribution in [0, 0.1) is 33.5 Å². The summed E-state index contributed by atoms with van der Waals surface area (Å²) in [4.78, 5) is 0. The molecule has 0 fully saturated rings. The van der Waals surface area contributed by atoms with Crippen molar-refractivity contribution in [2.45, 2.75) is 32.3 Å². The maximum Gasteiger partial charge on any atom is 0.168 e. The summed E-state index contributed by atoms with van der Waals surface area (Å²) in [5.41, 5.74) is -0.722. The van der Waals surface area contributed by atoms with Crippen LogP contribution in [0.25, 0.3) is 0 Å². The quantitative estimate of drug-likeness (QED) is 0.627. The molecule has 2 rings (SSSR count). The minimum atomic E-state index is -1.08. The van der Waals surface area contributed by atoms with Gasteiger partial charge in [0.15, 0.2) is 5.41 Å². The van der Waals surface area contributed by atoms with E-state index in [0.717, 1.165) is 5.57 Å². The Morgan fingerprint density at radius 2 is 1.94 bits per heavy atom. The van der Waals surface area contributed by atoms with Crippen molar-refractivity contribution >= 4 is 0 Å². The molecule has 3 heteroatoms. The van der Waals surface area contributed by atoms with Crippen molar-refractivity contribution in [2.24, 2.45) is 10.8 Å². The van der Waals surface area contributed by atoms with E-state index >= 15 is 0 Å². The average molecular weight is 214 g/mol. The molecule has 16 heavy (non-hydrogen) atoms. The smallest absolute Gasteiger partial charge is 0.168 e. The van der Waals surface area contributed by atoms with Gasteiger partial charge in [-0.1, -0.05) is 25.2 Å². The predicted octanol–water partition coefficient (Wildman–Crippen LogP) is 2.07. The van der Waals surface area contributed by atoms with Gasteiger partial charge in [0.2, 0.25) is 0 Å². The van der Waals surface area contributed by atoms with Gasteiger partial charge in [-0.15, -0.1) is 0 Å². The zero-order valence-corrected chi connectivity index (χ0v) is 9.27. The topological polar surface area (TPSA) is 67.8 Å². The molecule has 2 unspecified atom stereocenters. The highest BCUT2D eigenvalue weighted by molar-refractivity contribution is 5.43. The summed E-state index contributed by atoms with van der Waals surface area (Å²) in [5, 5.41) is 28.6. The van der Waals surface area contributed by atoms with Crippen LogP contribution >= 0.6 is 0 Å². The molecule has 0 radical (unpaired) electrons. The first kappa shape index (κ1) is 10.9. The van der Waals surface area contributed by atoms with Crippen LogP contribution < -0.4 is 0 Å². The Kier molecular flexibility index (Phi) is 2.37. The Labute approximate surface area is 95.3 Å². The SMILES string of the molecule is CC12CC=CCC(C#N)(C#N)C1=CCC2O. The molecule has 0 heterocycles. The number of nitriles is 2. The van der Waals surface area contributed by atoms with E-state index < -0.39 is 16.9 Å². The number of nitrogens with zero attached hydrogens (tertiary/aromatic N) is 2. The van der Waals surface area contributed by atoms with Crippen molar-refractivity contribution in [3.05, 3.63) is 23.8 Å². The highest BCUT2D eigenvalue weighted by atomic mass is 16.3. The van der Waals surface area contributed by atoms with Crippen molar-refractivity contribution in [3.63, 3.8) is 0 Å². The number of hydrogen-bond acceptors (Lipinski definition) is 3. The molecule has 0 aromatic carbocycles. The Morgan fingerprint density at radius 3 is 2.56 bits per heavy atom. The maximum atomic E-state index is 10.0. The van der Waals surface area contributed by atoms with Crippen LogP contribution in [0.15, 0.2) is 23.8 Å². The van der Waals surface area contributed by atoms with Gasteiger partial charge in [0.25, 0.3) is 0 Å². The first-order valence-electron chi connectivity index (χ1n) is 5.46. The van der Waals surface area contributed by atoms with Crippen molar-refractivity contribution < 1.29 is 5.11 Å². The second-order valence-corrected chi connectivity index (χ2v) is 4.80. The molecule has 0 aromatic rings. The molecule has 82 valence electrons. The van der Waals surface area contributed by atoms with Crippen LogP contribution in [-0.4, -0.2) is 11.2 Å². The lowest BCUT2D eigenvalue weighted by Crippen LogP contribution is -2.35. The Morgan fingerprint density at radius 1 is 1.31 bits per heavy atom. The highest BCUT2D eigenvalue weighted by Crippen LogP contribution is 2.52. The highest BCUT2D eigenvalue weighted by Gasteiger charge is 2.50.